The fraction of sp³-hybridized carbons (Fsp3) is 1.00. The van der Waals surface area contributed by atoms with Crippen LogP contribution in [0.1, 0.15) is 39.0 Å². The third-order valence-corrected chi connectivity index (χ3v) is 3.39. The van der Waals surface area contributed by atoms with Gasteiger partial charge in [-0.25, -0.2) is 0 Å². The number of nitrogens with zero attached hydrogens (tertiary/aromatic N) is 1. The van der Waals surface area contributed by atoms with Crippen LogP contribution in [-0.4, -0.2) is 29.9 Å². The second-order valence-corrected chi connectivity index (χ2v) is 4.92. The summed E-state index contributed by atoms with van der Waals surface area (Å²) in [7, 11) is -3.89. The number of hydrogen-bond acceptors (Lipinski definition) is 2. The maximum Gasteiger partial charge on any atom is 0.336 e. The van der Waals surface area contributed by atoms with Crippen LogP contribution >= 0.6 is 0 Å². The van der Waals surface area contributed by atoms with Crippen molar-refractivity contribution in [3.63, 3.8) is 0 Å². The molecule has 1 N–H and O–H groups in total. The highest BCUT2D eigenvalue weighted by Gasteiger charge is 2.42. The molecule has 0 aromatic rings. The summed E-state index contributed by atoms with van der Waals surface area (Å²) in [5.41, 5.74) is 0. The van der Waals surface area contributed by atoms with Crippen molar-refractivity contribution in [1.82, 2.24) is 4.31 Å². The van der Waals surface area contributed by atoms with Crippen molar-refractivity contribution in [3.8, 4) is 0 Å². The Kier molecular flexibility index (Phi) is 3.70. The Morgan fingerprint density at radius 1 is 1.38 bits per heavy atom. The van der Waals surface area contributed by atoms with Crippen LogP contribution in [0.3, 0.4) is 0 Å². The molecule has 2 unspecified atom stereocenters. The first-order valence-electron chi connectivity index (χ1n) is 4.80. The lowest BCUT2D eigenvalue weighted by atomic mass is 10.1. The summed E-state index contributed by atoms with van der Waals surface area (Å²) in [5.74, 6) is 0. The Hall–Kier alpha value is -0.130. The third-order valence-electron chi connectivity index (χ3n) is 2.35. The zero-order valence-electron chi connectivity index (χ0n) is 7.94. The van der Waals surface area contributed by atoms with Gasteiger partial charge < -0.3 is 0 Å². The van der Waals surface area contributed by atoms with E-state index in [1.165, 1.54) is 12.8 Å². The first-order chi connectivity index (χ1) is 6.05. The molecule has 0 aromatic heterocycles. The van der Waals surface area contributed by atoms with Gasteiger partial charge in [0.15, 0.2) is 0 Å². The summed E-state index contributed by atoms with van der Waals surface area (Å²) < 4.78 is 30.9. The Morgan fingerprint density at radius 2 is 2.08 bits per heavy atom. The maximum atomic E-state index is 10.6. The van der Waals surface area contributed by atoms with Crippen molar-refractivity contribution in [2.75, 3.05) is 6.54 Å². The van der Waals surface area contributed by atoms with Crippen molar-refractivity contribution in [2.45, 2.75) is 45.1 Å². The fourth-order valence-corrected chi connectivity index (χ4v) is 2.33. The molecule has 0 amide bonds. The molecule has 4 nitrogen and oxygen atoms in total. The SMILES string of the molecule is CCCCCCC1CN1S(=O)(=O)O. The Labute approximate surface area is 79.8 Å². The van der Waals surface area contributed by atoms with Crippen LogP contribution in [0.15, 0.2) is 0 Å². The summed E-state index contributed by atoms with van der Waals surface area (Å²) in [4.78, 5) is 0. The number of rotatable bonds is 6. The first-order valence-corrected chi connectivity index (χ1v) is 6.19. The second-order valence-electron chi connectivity index (χ2n) is 3.55. The molecule has 1 fully saturated rings. The minimum absolute atomic E-state index is 0.0758. The van der Waals surface area contributed by atoms with E-state index in [4.69, 9.17) is 4.55 Å². The molecule has 2 atom stereocenters. The van der Waals surface area contributed by atoms with Gasteiger partial charge >= 0.3 is 10.3 Å². The summed E-state index contributed by atoms with van der Waals surface area (Å²) in [5, 5.41) is 0. The monoisotopic (exact) mass is 207 g/mol. The van der Waals surface area contributed by atoms with Gasteiger partial charge in [0.1, 0.15) is 0 Å². The van der Waals surface area contributed by atoms with Crippen LogP contribution in [-0.2, 0) is 10.3 Å². The first kappa shape index (κ1) is 10.9. The lowest BCUT2D eigenvalue weighted by Gasteiger charge is -1.99. The van der Waals surface area contributed by atoms with Crippen molar-refractivity contribution in [2.24, 2.45) is 0 Å². The lowest BCUT2D eigenvalue weighted by molar-refractivity contribution is 0.436. The van der Waals surface area contributed by atoms with E-state index < -0.39 is 10.3 Å². The van der Waals surface area contributed by atoms with Gasteiger partial charge in [-0.15, -0.1) is 0 Å². The molecule has 78 valence electrons. The minimum atomic E-state index is -3.89. The molecule has 0 saturated carbocycles. The summed E-state index contributed by atoms with van der Waals surface area (Å²) in [6.07, 6.45) is 5.50. The van der Waals surface area contributed by atoms with Crippen LogP contribution < -0.4 is 0 Å². The lowest BCUT2D eigenvalue weighted by Crippen LogP contribution is -2.12. The molecule has 1 aliphatic rings. The van der Waals surface area contributed by atoms with E-state index in [1.807, 2.05) is 0 Å². The van der Waals surface area contributed by atoms with E-state index in [0.29, 0.717) is 6.54 Å². The molecule has 0 bridgehead atoms. The van der Waals surface area contributed by atoms with Gasteiger partial charge in [-0.1, -0.05) is 32.6 Å². The van der Waals surface area contributed by atoms with Gasteiger partial charge in [-0.05, 0) is 6.42 Å². The van der Waals surface area contributed by atoms with Gasteiger partial charge in [0.25, 0.3) is 0 Å². The third kappa shape index (κ3) is 3.62. The van der Waals surface area contributed by atoms with Gasteiger partial charge in [0.05, 0.1) is 0 Å². The fourth-order valence-electron chi connectivity index (χ4n) is 1.49. The van der Waals surface area contributed by atoms with Crippen LogP contribution in [0.4, 0.5) is 0 Å². The molecular formula is C8H17NO3S. The molecule has 1 rings (SSSR count). The highest BCUT2D eigenvalue weighted by atomic mass is 32.2. The highest BCUT2D eigenvalue weighted by Crippen LogP contribution is 2.26. The Morgan fingerprint density at radius 3 is 2.54 bits per heavy atom. The average Bonchev–Trinajstić information content (AvgIpc) is 2.76. The second kappa shape index (κ2) is 4.39. The highest BCUT2D eigenvalue weighted by molar-refractivity contribution is 7.83. The van der Waals surface area contributed by atoms with Gasteiger partial charge in [-0.3, -0.25) is 4.55 Å². The zero-order chi connectivity index (χ0) is 9.90. The normalized spacial score (nSPS) is 27.5. The van der Waals surface area contributed by atoms with Crippen LogP contribution in [0.25, 0.3) is 0 Å². The largest absolute Gasteiger partial charge is 0.336 e. The van der Waals surface area contributed by atoms with Gasteiger partial charge in [-0.2, -0.15) is 12.7 Å². The molecule has 1 heterocycles. The van der Waals surface area contributed by atoms with E-state index >= 15 is 0 Å². The standard InChI is InChI=1S/C8H17NO3S/c1-2-3-4-5-6-8-7-9(8)13(10,11)12/h8H,2-7H2,1H3,(H,10,11,12). The summed E-state index contributed by atoms with van der Waals surface area (Å²) in [6.45, 7) is 2.65. The minimum Gasteiger partial charge on any atom is -0.273 e. The molecule has 1 aliphatic heterocycles. The zero-order valence-corrected chi connectivity index (χ0v) is 8.76. The van der Waals surface area contributed by atoms with Crippen molar-refractivity contribution in [1.29, 1.82) is 0 Å². The number of unbranched alkanes of at least 4 members (excludes halogenated alkanes) is 3. The van der Waals surface area contributed by atoms with Crippen LogP contribution in [0.5, 0.6) is 0 Å². The van der Waals surface area contributed by atoms with E-state index in [9.17, 15) is 8.42 Å². The Balaban J connectivity index is 2.08. The molecule has 0 aromatic carbocycles. The predicted octanol–water partition coefficient (Wildman–Crippen LogP) is 1.44. The molecule has 0 aliphatic carbocycles. The molecule has 0 radical (unpaired) electrons. The van der Waals surface area contributed by atoms with E-state index in [1.54, 1.807) is 0 Å². The Bertz CT molecular complexity index is 250. The van der Waals surface area contributed by atoms with Gasteiger partial charge in [0, 0.05) is 12.6 Å². The predicted molar refractivity (Wildman–Crippen MR) is 50.8 cm³/mol. The summed E-state index contributed by atoms with van der Waals surface area (Å²) in [6, 6.07) is 0.0758. The molecule has 1 saturated heterocycles. The number of hydrogen-bond donors (Lipinski definition) is 1. The molecule has 0 spiro atoms. The quantitative estimate of drug-likeness (QED) is 0.407. The van der Waals surface area contributed by atoms with Crippen LogP contribution in [0, 0.1) is 0 Å². The maximum absolute atomic E-state index is 10.6. The van der Waals surface area contributed by atoms with E-state index in [0.717, 1.165) is 23.6 Å². The molecule has 5 heteroatoms. The van der Waals surface area contributed by atoms with Crippen molar-refractivity contribution < 1.29 is 13.0 Å². The smallest absolute Gasteiger partial charge is 0.273 e. The summed E-state index contributed by atoms with van der Waals surface area (Å²) >= 11 is 0. The van der Waals surface area contributed by atoms with Crippen LogP contribution in [0.2, 0.25) is 0 Å². The topological polar surface area (TPSA) is 57.4 Å². The van der Waals surface area contributed by atoms with Crippen molar-refractivity contribution in [3.05, 3.63) is 0 Å². The van der Waals surface area contributed by atoms with E-state index in [2.05, 4.69) is 6.92 Å². The average molecular weight is 207 g/mol. The van der Waals surface area contributed by atoms with Crippen molar-refractivity contribution >= 4 is 10.3 Å². The molecular weight excluding hydrogens is 190 g/mol. The van der Waals surface area contributed by atoms with E-state index in [-0.39, 0.29) is 6.04 Å². The van der Waals surface area contributed by atoms with Gasteiger partial charge in [0.2, 0.25) is 0 Å². The molecule has 13 heavy (non-hydrogen) atoms.